The molecular weight excluding hydrogens is 396 g/mol. The minimum Gasteiger partial charge on any atom is -0.493 e. The highest BCUT2D eigenvalue weighted by Gasteiger charge is 2.18. The smallest absolute Gasteiger partial charge is 0.248 e. The maximum Gasteiger partial charge on any atom is 0.248 e. The van der Waals surface area contributed by atoms with Crippen molar-refractivity contribution in [1.29, 1.82) is 5.26 Å². The molecule has 1 heterocycles. The van der Waals surface area contributed by atoms with Crippen LogP contribution in [0.2, 0.25) is 0 Å². The van der Waals surface area contributed by atoms with Crippen molar-refractivity contribution in [2.24, 2.45) is 5.73 Å². The van der Waals surface area contributed by atoms with Crippen LogP contribution in [0.5, 0.6) is 11.5 Å². The van der Waals surface area contributed by atoms with Crippen LogP contribution in [-0.4, -0.2) is 38.6 Å². The number of amides is 2. The monoisotopic (exact) mass is 420 g/mol. The lowest BCUT2D eigenvalue weighted by atomic mass is 10.1. The van der Waals surface area contributed by atoms with Gasteiger partial charge in [-0.15, -0.1) is 0 Å². The Kier molecular flexibility index (Phi) is 7.12. The summed E-state index contributed by atoms with van der Waals surface area (Å²) in [5, 5.41) is 11.5. The number of nitrogens with two attached hydrogens (primary N) is 1. The maximum absolute atomic E-state index is 12.6. The van der Waals surface area contributed by atoms with E-state index in [1.54, 1.807) is 36.4 Å². The quantitative estimate of drug-likeness (QED) is 0.634. The van der Waals surface area contributed by atoms with E-state index in [1.807, 2.05) is 12.1 Å². The van der Waals surface area contributed by atoms with Crippen molar-refractivity contribution in [1.82, 2.24) is 0 Å². The van der Waals surface area contributed by atoms with Crippen molar-refractivity contribution in [3.05, 3.63) is 53.6 Å². The minimum absolute atomic E-state index is 0.0856. The number of hydrogen-bond donors (Lipinski definition) is 2. The van der Waals surface area contributed by atoms with Gasteiger partial charge in [0.1, 0.15) is 6.07 Å². The summed E-state index contributed by atoms with van der Waals surface area (Å²) < 4.78 is 10.6. The fraction of sp³-hybridized carbons (Fsp3) is 0.261. The Hall–Kier alpha value is -3.99. The minimum atomic E-state index is -0.551. The number of hydrogen-bond acceptors (Lipinski definition) is 6. The van der Waals surface area contributed by atoms with E-state index in [2.05, 4.69) is 10.2 Å². The van der Waals surface area contributed by atoms with Crippen LogP contribution in [0.15, 0.2) is 42.5 Å². The number of carbonyl (C=O) groups excluding carboxylic acids is 2. The van der Waals surface area contributed by atoms with E-state index >= 15 is 0 Å². The van der Waals surface area contributed by atoms with Gasteiger partial charge in [0.25, 0.3) is 0 Å². The van der Waals surface area contributed by atoms with Crippen LogP contribution in [0, 0.1) is 11.3 Å². The molecule has 8 nitrogen and oxygen atoms in total. The average Bonchev–Trinajstić information content (AvgIpc) is 3.31. The van der Waals surface area contributed by atoms with E-state index in [1.165, 1.54) is 13.2 Å². The van der Waals surface area contributed by atoms with E-state index in [0.29, 0.717) is 22.7 Å². The molecule has 3 N–H and O–H groups in total. The predicted octanol–water partition coefficient (Wildman–Crippen LogP) is 2.95. The second-order valence-electron chi connectivity index (χ2n) is 6.97. The van der Waals surface area contributed by atoms with Crippen molar-refractivity contribution in [2.45, 2.75) is 12.8 Å². The average molecular weight is 420 g/mol. The highest BCUT2D eigenvalue weighted by molar-refractivity contribution is 6.05. The molecule has 2 aromatic rings. The van der Waals surface area contributed by atoms with Gasteiger partial charge >= 0.3 is 0 Å². The first-order chi connectivity index (χ1) is 15.0. The van der Waals surface area contributed by atoms with Crippen molar-refractivity contribution in [2.75, 3.05) is 37.0 Å². The summed E-state index contributed by atoms with van der Waals surface area (Å²) in [6.07, 6.45) is 5.20. The molecule has 1 fully saturated rings. The number of nitriles is 1. The number of nitrogens with one attached hydrogen (secondary N) is 1. The topological polar surface area (TPSA) is 118 Å². The maximum atomic E-state index is 12.6. The summed E-state index contributed by atoms with van der Waals surface area (Å²) in [5.41, 5.74) is 7.87. The van der Waals surface area contributed by atoms with Crippen molar-refractivity contribution in [3.63, 3.8) is 0 Å². The van der Waals surface area contributed by atoms with E-state index in [4.69, 9.17) is 20.5 Å². The molecule has 3 rings (SSSR count). The molecule has 1 aliphatic rings. The molecule has 2 aromatic carbocycles. The largest absolute Gasteiger partial charge is 0.493 e. The Morgan fingerprint density at radius 1 is 1.19 bits per heavy atom. The van der Waals surface area contributed by atoms with Gasteiger partial charge in [-0.2, -0.15) is 5.26 Å². The number of ether oxygens (including phenoxy) is 2. The van der Waals surface area contributed by atoms with Gasteiger partial charge in [-0.25, -0.2) is 0 Å². The first-order valence-electron chi connectivity index (χ1n) is 9.87. The zero-order valence-electron chi connectivity index (χ0n) is 17.3. The van der Waals surface area contributed by atoms with Crippen LogP contribution in [0.3, 0.4) is 0 Å². The second-order valence-corrected chi connectivity index (χ2v) is 6.97. The first kappa shape index (κ1) is 21.7. The highest BCUT2D eigenvalue weighted by atomic mass is 16.5. The molecule has 0 bridgehead atoms. The van der Waals surface area contributed by atoms with Gasteiger partial charge < -0.3 is 25.4 Å². The number of nitrogens with zero attached hydrogens (tertiary/aromatic N) is 2. The van der Waals surface area contributed by atoms with Crippen LogP contribution < -0.4 is 25.4 Å². The lowest BCUT2D eigenvalue weighted by Gasteiger charge is -2.21. The van der Waals surface area contributed by atoms with Crippen LogP contribution >= 0.6 is 0 Å². The highest BCUT2D eigenvalue weighted by Crippen LogP contribution is 2.31. The zero-order chi connectivity index (χ0) is 22.2. The molecule has 0 aromatic heterocycles. The fourth-order valence-electron chi connectivity index (χ4n) is 3.39. The van der Waals surface area contributed by atoms with Crippen molar-refractivity contribution < 1.29 is 19.1 Å². The SMILES string of the molecule is COc1cc(/C=C/C(=O)Nc2cc(C(N)=O)ccc2N2CCCC2)ccc1OCC#N. The molecule has 0 aliphatic carbocycles. The molecule has 31 heavy (non-hydrogen) atoms. The van der Waals surface area contributed by atoms with Gasteiger partial charge in [-0.3, -0.25) is 9.59 Å². The van der Waals surface area contributed by atoms with E-state index in [9.17, 15) is 9.59 Å². The van der Waals surface area contributed by atoms with Crippen LogP contribution in [-0.2, 0) is 4.79 Å². The lowest BCUT2D eigenvalue weighted by Crippen LogP contribution is -2.21. The van der Waals surface area contributed by atoms with E-state index in [0.717, 1.165) is 37.2 Å². The lowest BCUT2D eigenvalue weighted by molar-refractivity contribution is -0.111. The number of rotatable bonds is 8. The Bertz CT molecular complexity index is 1040. The third-order valence-electron chi connectivity index (χ3n) is 4.89. The van der Waals surface area contributed by atoms with Crippen LogP contribution in [0.1, 0.15) is 28.8 Å². The summed E-state index contributed by atoms with van der Waals surface area (Å²) in [7, 11) is 1.50. The molecule has 1 saturated heterocycles. The molecule has 0 spiro atoms. The van der Waals surface area contributed by atoms with Crippen molar-refractivity contribution >= 4 is 29.3 Å². The van der Waals surface area contributed by atoms with Gasteiger partial charge in [-0.1, -0.05) is 6.07 Å². The van der Waals surface area contributed by atoms with Gasteiger partial charge in [0, 0.05) is 24.7 Å². The molecule has 0 saturated carbocycles. The van der Waals surface area contributed by atoms with E-state index in [-0.39, 0.29) is 12.5 Å². The third-order valence-corrected chi connectivity index (χ3v) is 4.89. The zero-order valence-corrected chi connectivity index (χ0v) is 17.3. The molecule has 0 atom stereocenters. The third kappa shape index (κ3) is 5.54. The van der Waals surface area contributed by atoms with Gasteiger partial charge in [-0.05, 0) is 54.8 Å². The number of primary amides is 1. The molecule has 160 valence electrons. The summed E-state index contributed by atoms with van der Waals surface area (Å²) >= 11 is 0. The van der Waals surface area contributed by atoms with Crippen LogP contribution in [0.25, 0.3) is 6.08 Å². The number of anilines is 2. The van der Waals surface area contributed by atoms with Crippen molar-refractivity contribution in [3.8, 4) is 17.6 Å². The molecule has 0 radical (unpaired) electrons. The first-order valence-corrected chi connectivity index (χ1v) is 9.87. The molecule has 0 unspecified atom stereocenters. The Labute approximate surface area is 180 Å². The summed E-state index contributed by atoms with van der Waals surface area (Å²) in [5.74, 6) is 0.0168. The van der Waals surface area contributed by atoms with Gasteiger partial charge in [0.15, 0.2) is 18.1 Å². The second kappa shape index (κ2) is 10.2. The Morgan fingerprint density at radius 3 is 2.65 bits per heavy atom. The van der Waals surface area contributed by atoms with Gasteiger partial charge in [0.05, 0.1) is 18.5 Å². The Balaban J connectivity index is 1.77. The number of methoxy groups -OCH3 is 1. The van der Waals surface area contributed by atoms with Gasteiger partial charge in [0.2, 0.25) is 11.8 Å². The standard InChI is InChI=1S/C23H24N4O4/c1-30-21-14-16(4-8-20(21)31-13-10-24)5-9-22(28)26-18-15-17(23(25)29)6-7-19(18)27-11-2-3-12-27/h4-9,14-15H,2-3,11-13H2,1H3,(H2,25,29)(H,26,28)/b9-5+. The summed E-state index contributed by atoms with van der Waals surface area (Å²) in [6, 6.07) is 12.1. The molecule has 2 amide bonds. The Morgan fingerprint density at radius 2 is 1.97 bits per heavy atom. The predicted molar refractivity (Wildman–Crippen MR) is 118 cm³/mol. The number of benzene rings is 2. The molecular formula is C23H24N4O4. The normalized spacial score (nSPS) is 13.1. The summed E-state index contributed by atoms with van der Waals surface area (Å²) in [4.78, 5) is 26.3. The van der Waals surface area contributed by atoms with E-state index < -0.39 is 5.91 Å². The molecule has 1 aliphatic heterocycles. The summed E-state index contributed by atoms with van der Waals surface area (Å²) in [6.45, 7) is 1.71. The number of carbonyl (C=O) groups is 2. The molecule has 8 heteroatoms. The van der Waals surface area contributed by atoms with Crippen LogP contribution in [0.4, 0.5) is 11.4 Å². The fourth-order valence-corrected chi connectivity index (χ4v) is 3.39.